The number of rotatable bonds is 5. The maximum atomic E-state index is 9.60. The molecular formula is C15H22O2. The number of benzene rings is 1. The molecular weight excluding hydrogens is 212 g/mol. The fourth-order valence-electron chi connectivity index (χ4n) is 1.22. The number of carboxylic acids is 1. The van der Waals surface area contributed by atoms with Crippen LogP contribution >= 0.6 is 0 Å². The summed E-state index contributed by atoms with van der Waals surface area (Å²) >= 11 is 0. The van der Waals surface area contributed by atoms with Crippen molar-refractivity contribution in [2.75, 3.05) is 0 Å². The van der Waals surface area contributed by atoms with Crippen molar-refractivity contribution in [3.8, 4) is 0 Å². The Morgan fingerprint density at radius 3 is 2.18 bits per heavy atom. The maximum absolute atomic E-state index is 9.60. The zero-order valence-corrected chi connectivity index (χ0v) is 10.8. The molecule has 0 amide bonds. The van der Waals surface area contributed by atoms with Crippen molar-refractivity contribution in [1.82, 2.24) is 0 Å². The maximum Gasteiger partial charge on any atom is 0.330 e. The van der Waals surface area contributed by atoms with Gasteiger partial charge in [-0.05, 0) is 25.3 Å². The second-order valence-electron chi connectivity index (χ2n) is 4.03. The molecule has 0 aromatic heterocycles. The van der Waals surface area contributed by atoms with Crippen LogP contribution in [0, 0.1) is 0 Å². The predicted molar refractivity (Wildman–Crippen MR) is 72.1 cm³/mol. The summed E-state index contributed by atoms with van der Waals surface area (Å²) in [6.07, 6.45) is 5.25. The largest absolute Gasteiger partial charge is 0.478 e. The Morgan fingerprint density at radius 2 is 1.76 bits per heavy atom. The standard InChI is InChI=1S/C11H16.C4H6O2/c1-2-3-5-8-11-9-6-4-7-10-11;1-3(2)4(5)6/h4,6-7,9-10H,2-3,5,8H2,1H3;1H2,2H3,(H,5,6). The summed E-state index contributed by atoms with van der Waals surface area (Å²) in [6.45, 7) is 6.84. The van der Waals surface area contributed by atoms with Gasteiger partial charge in [-0.15, -0.1) is 0 Å². The summed E-state index contributed by atoms with van der Waals surface area (Å²) in [7, 11) is 0. The highest BCUT2D eigenvalue weighted by molar-refractivity contribution is 5.84. The minimum Gasteiger partial charge on any atom is -0.478 e. The van der Waals surface area contributed by atoms with Gasteiger partial charge in [0.25, 0.3) is 0 Å². The van der Waals surface area contributed by atoms with Gasteiger partial charge in [-0.2, -0.15) is 0 Å². The van der Waals surface area contributed by atoms with E-state index in [1.165, 1.54) is 38.2 Å². The third-order valence-corrected chi connectivity index (χ3v) is 2.28. The lowest BCUT2D eigenvalue weighted by molar-refractivity contribution is -0.132. The van der Waals surface area contributed by atoms with Gasteiger partial charge in [0.1, 0.15) is 0 Å². The van der Waals surface area contributed by atoms with Crippen LogP contribution in [0.3, 0.4) is 0 Å². The topological polar surface area (TPSA) is 37.3 Å². The van der Waals surface area contributed by atoms with Crippen molar-refractivity contribution in [2.24, 2.45) is 0 Å². The average Bonchev–Trinajstić information content (AvgIpc) is 2.31. The Kier molecular flexibility index (Phi) is 8.75. The molecule has 0 fully saturated rings. The first kappa shape index (κ1) is 15.4. The van der Waals surface area contributed by atoms with Crippen LogP contribution in [0.25, 0.3) is 0 Å². The van der Waals surface area contributed by atoms with Crippen LogP contribution in [0.15, 0.2) is 42.5 Å². The van der Waals surface area contributed by atoms with E-state index in [1.54, 1.807) is 0 Å². The first-order valence-electron chi connectivity index (χ1n) is 6.00. The molecule has 0 aliphatic rings. The quantitative estimate of drug-likeness (QED) is 0.616. The molecule has 17 heavy (non-hydrogen) atoms. The van der Waals surface area contributed by atoms with Gasteiger partial charge in [0.05, 0.1) is 0 Å². The number of unbranched alkanes of at least 4 members (excludes halogenated alkanes) is 2. The molecule has 1 aromatic carbocycles. The predicted octanol–water partition coefficient (Wildman–Crippen LogP) is 4.07. The smallest absolute Gasteiger partial charge is 0.330 e. The summed E-state index contributed by atoms with van der Waals surface area (Å²) in [5.74, 6) is -0.935. The van der Waals surface area contributed by atoms with E-state index in [2.05, 4.69) is 43.8 Å². The van der Waals surface area contributed by atoms with Crippen molar-refractivity contribution in [3.05, 3.63) is 48.0 Å². The Hall–Kier alpha value is -1.57. The Labute approximate surface area is 104 Å². The van der Waals surface area contributed by atoms with Gasteiger partial charge in [0.15, 0.2) is 0 Å². The number of aliphatic carboxylic acids is 1. The number of carbonyl (C=O) groups is 1. The van der Waals surface area contributed by atoms with Crippen molar-refractivity contribution in [3.63, 3.8) is 0 Å². The summed E-state index contributed by atoms with van der Waals surface area (Å²) < 4.78 is 0. The normalized spacial score (nSPS) is 9.06. The van der Waals surface area contributed by atoms with E-state index in [1.807, 2.05) is 0 Å². The summed E-state index contributed by atoms with van der Waals surface area (Å²) in [6, 6.07) is 10.7. The highest BCUT2D eigenvalue weighted by atomic mass is 16.4. The molecule has 0 saturated heterocycles. The first-order chi connectivity index (χ1) is 8.07. The fraction of sp³-hybridized carbons (Fsp3) is 0.400. The Bertz CT molecular complexity index is 316. The highest BCUT2D eigenvalue weighted by Gasteiger charge is 1.90. The highest BCUT2D eigenvalue weighted by Crippen LogP contribution is 2.05. The molecule has 0 unspecified atom stereocenters. The van der Waals surface area contributed by atoms with Crippen molar-refractivity contribution >= 4 is 5.97 Å². The first-order valence-corrected chi connectivity index (χ1v) is 6.00. The number of aryl methyl sites for hydroxylation is 1. The van der Waals surface area contributed by atoms with Gasteiger partial charge >= 0.3 is 5.97 Å². The van der Waals surface area contributed by atoms with E-state index in [-0.39, 0.29) is 5.57 Å². The van der Waals surface area contributed by atoms with Gasteiger partial charge in [0, 0.05) is 5.57 Å². The van der Waals surface area contributed by atoms with Gasteiger partial charge < -0.3 is 5.11 Å². The van der Waals surface area contributed by atoms with Crippen LogP contribution in [-0.4, -0.2) is 11.1 Å². The van der Waals surface area contributed by atoms with Crippen LogP contribution in [0.2, 0.25) is 0 Å². The van der Waals surface area contributed by atoms with Crippen LogP contribution in [-0.2, 0) is 11.2 Å². The third kappa shape index (κ3) is 9.36. The molecule has 2 nitrogen and oxygen atoms in total. The van der Waals surface area contributed by atoms with E-state index in [9.17, 15) is 4.79 Å². The van der Waals surface area contributed by atoms with E-state index < -0.39 is 5.97 Å². The van der Waals surface area contributed by atoms with Crippen molar-refractivity contribution in [2.45, 2.75) is 39.5 Å². The number of carboxylic acid groups (broad SMARTS) is 1. The summed E-state index contributed by atoms with van der Waals surface area (Å²) in [5, 5.41) is 7.89. The van der Waals surface area contributed by atoms with Gasteiger partial charge in [0.2, 0.25) is 0 Å². The van der Waals surface area contributed by atoms with Crippen LogP contribution < -0.4 is 0 Å². The van der Waals surface area contributed by atoms with E-state index in [4.69, 9.17) is 5.11 Å². The molecule has 0 atom stereocenters. The molecule has 1 rings (SSSR count). The van der Waals surface area contributed by atoms with E-state index in [0.717, 1.165) is 0 Å². The molecule has 0 radical (unpaired) electrons. The third-order valence-electron chi connectivity index (χ3n) is 2.28. The van der Waals surface area contributed by atoms with Crippen LogP contribution in [0.1, 0.15) is 38.7 Å². The van der Waals surface area contributed by atoms with Crippen LogP contribution in [0.5, 0.6) is 0 Å². The van der Waals surface area contributed by atoms with E-state index in [0.29, 0.717) is 0 Å². The van der Waals surface area contributed by atoms with Crippen molar-refractivity contribution in [1.29, 1.82) is 0 Å². The van der Waals surface area contributed by atoms with Crippen LogP contribution in [0.4, 0.5) is 0 Å². The SMILES string of the molecule is C=C(C)C(=O)O.CCCCCc1ccccc1. The molecule has 0 bridgehead atoms. The Balaban J connectivity index is 0.000000366. The zero-order chi connectivity index (χ0) is 13.1. The molecule has 0 aliphatic heterocycles. The average molecular weight is 234 g/mol. The zero-order valence-electron chi connectivity index (χ0n) is 10.8. The molecule has 0 saturated carbocycles. The van der Waals surface area contributed by atoms with E-state index >= 15 is 0 Å². The fourth-order valence-corrected chi connectivity index (χ4v) is 1.22. The lowest BCUT2D eigenvalue weighted by Gasteiger charge is -1.98. The molecule has 94 valence electrons. The number of hydrogen-bond donors (Lipinski definition) is 1. The summed E-state index contributed by atoms with van der Waals surface area (Å²) in [4.78, 5) is 9.60. The Morgan fingerprint density at radius 1 is 1.24 bits per heavy atom. The molecule has 0 spiro atoms. The lowest BCUT2D eigenvalue weighted by Crippen LogP contribution is -1.92. The lowest BCUT2D eigenvalue weighted by atomic mass is 10.1. The molecule has 2 heteroatoms. The summed E-state index contributed by atoms with van der Waals surface area (Å²) in [5.41, 5.74) is 1.65. The van der Waals surface area contributed by atoms with Crippen molar-refractivity contribution < 1.29 is 9.90 Å². The minimum atomic E-state index is -0.935. The molecule has 0 aliphatic carbocycles. The molecule has 1 N–H and O–H groups in total. The van der Waals surface area contributed by atoms with Gasteiger partial charge in [-0.25, -0.2) is 4.79 Å². The molecule has 1 aromatic rings. The van der Waals surface area contributed by atoms with Gasteiger partial charge in [-0.1, -0.05) is 56.7 Å². The second-order valence-corrected chi connectivity index (χ2v) is 4.03. The minimum absolute atomic E-state index is 0.176. The molecule has 0 heterocycles. The number of hydrogen-bond acceptors (Lipinski definition) is 1. The monoisotopic (exact) mass is 234 g/mol. The van der Waals surface area contributed by atoms with Gasteiger partial charge in [-0.3, -0.25) is 0 Å². The second kappa shape index (κ2) is 9.64.